The zero-order valence-corrected chi connectivity index (χ0v) is 11.3. The van der Waals surface area contributed by atoms with E-state index >= 15 is 0 Å². The van der Waals surface area contributed by atoms with Gasteiger partial charge in [0.15, 0.2) is 0 Å². The van der Waals surface area contributed by atoms with Crippen molar-refractivity contribution >= 4 is 5.91 Å². The predicted octanol–water partition coefficient (Wildman–Crippen LogP) is 2.10. The number of hydrogen-bond acceptors (Lipinski definition) is 3. The van der Waals surface area contributed by atoms with Gasteiger partial charge in [-0.3, -0.25) is 4.79 Å². The lowest BCUT2D eigenvalue weighted by molar-refractivity contribution is 0.0754. The van der Waals surface area contributed by atoms with Gasteiger partial charge in [0.2, 0.25) is 0 Å². The van der Waals surface area contributed by atoms with Crippen LogP contribution in [0.15, 0.2) is 36.9 Å². The Bertz CT molecular complexity index is 400. The standard InChI is InChI=1S/C15H21NO3/c1-3-12-19-14-8-6-13(7-9-14)15(18)16(4-2)10-5-11-17/h3,6-9,17H,1,4-5,10-12H2,2H3. The van der Waals surface area contributed by atoms with E-state index < -0.39 is 0 Å². The minimum absolute atomic E-state index is 0.0220. The van der Waals surface area contributed by atoms with Crippen LogP contribution in [0.25, 0.3) is 0 Å². The van der Waals surface area contributed by atoms with Crippen molar-refractivity contribution in [1.29, 1.82) is 0 Å². The molecule has 1 amide bonds. The largest absolute Gasteiger partial charge is 0.490 e. The van der Waals surface area contributed by atoms with Crippen molar-refractivity contribution in [3.63, 3.8) is 0 Å². The van der Waals surface area contributed by atoms with E-state index in [-0.39, 0.29) is 12.5 Å². The molecule has 1 aromatic carbocycles. The van der Waals surface area contributed by atoms with E-state index in [1.165, 1.54) is 0 Å². The number of carbonyl (C=O) groups is 1. The Morgan fingerprint density at radius 1 is 1.42 bits per heavy atom. The summed E-state index contributed by atoms with van der Waals surface area (Å²) in [4.78, 5) is 13.9. The number of ether oxygens (including phenoxy) is 1. The molecule has 0 radical (unpaired) electrons. The lowest BCUT2D eigenvalue weighted by Crippen LogP contribution is -2.32. The molecular formula is C15H21NO3. The first kappa shape index (κ1) is 15.2. The molecule has 0 atom stereocenters. The van der Waals surface area contributed by atoms with E-state index in [1.54, 1.807) is 35.2 Å². The van der Waals surface area contributed by atoms with Crippen LogP contribution in [0.5, 0.6) is 5.75 Å². The Balaban J connectivity index is 2.67. The molecule has 0 aliphatic heterocycles. The van der Waals surface area contributed by atoms with Crippen molar-refractivity contribution < 1.29 is 14.6 Å². The number of carbonyl (C=O) groups excluding carboxylic acids is 1. The smallest absolute Gasteiger partial charge is 0.253 e. The van der Waals surface area contributed by atoms with Crippen LogP contribution in [-0.2, 0) is 0 Å². The fraction of sp³-hybridized carbons (Fsp3) is 0.400. The summed E-state index contributed by atoms with van der Waals surface area (Å²) in [5, 5.41) is 8.82. The van der Waals surface area contributed by atoms with Gasteiger partial charge in [0.25, 0.3) is 5.91 Å². The minimum Gasteiger partial charge on any atom is -0.490 e. The van der Waals surface area contributed by atoms with Gasteiger partial charge in [0.1, 0.15) is 12.4 Å². The zero-order valence-electron chi connectivity index (χ0n) is 11.3. The van der Waals surface area contributed by atoms with Gasteiger partial charge in [-0.2, -0.15) is 0 Å². The highest BCUT2D eigenvalue weighted by Gasteiger charge is 2.13. The second-order valence-corrected chi connectivity index (χ2v) is 4.09. The summed E-state index contributed by atoms with van der Waals surface area (Å²) in [5.74, 6) is 0.695. The highest BCUT2D eigenvalue weighted by molar-refractivity contribution is 5.94. The summed E-state index contributed by atoms with van der Waals surface area (Å²) in [5.41, 5.74) is 0.630. The topological polar surface area (TPSA) is 49.8 Å². The second-order valence-electron chi connectivity index (χ2n) is 4.09. The van der Waals surface area contributed by atoms with Crippen LogP contribution in [0, 0.1) is 0 Å². The summed E-state index contributed by atoms with van der Waals surface area (Å²) in [6.07, 6.45) is 2.27. The summed E-state index contributed by atoms with van der Waals surface area (Å²) in [6, 6.07) is 7.05. The van der Waals surface area contributed by atoms with Gasteiger partial charge < -0.3 is 14.7 Å². The lowest BCUT2D eigenvalue weighted by atomic mass is 10.2. The second kappa shape index (κ2) is 8.32. The third-order valence-corrected chi connectivity index (χ3v) is 2.72. The van der Waals surface area contributed by atoms with Crippen molar-refractivity contribution in [2.45, 2.75) is 13.3 Å². The van der Waals surface area contributed by atoms with Crippen LogP contribution < -0.4 is 4.74 Å². The molecule has 0 fully saturated rings. The molecule has 0 unspecified atom stereocenters. The molecule has 1 N–H and O–H groups in total. The van der Waals surface area contributed by atoms with E-state index in [4.69, 9.17) is 9.84 Å². The van der Waals surface area contributed by atoms with E-state index in [1.807, 2.05) is 6.92 Å². The van der Waals surface area contributed by atoms with Gasteiger partial charge in [0.05, 0.1) is 0 Å². The van der Waals surface area contributed by atoms with Crippen LogP contribution >= 0.6 is 0 Å². The Labute approximate surface area is 114 Å². The molecule has 0 bridgehead atoms. The number of hydrogen-bond donors (Lipinski definition) is 1. The average molecular weight is 263 g/mol. The van der Waals surface area contributed by atoms with Crippen LogP contribution in [0.1, 0.15) is 23.7 Å². The van der Waals surface area contributed by atoms with Crippen molar-refractivity contribution in [3.05, 3.63) is 42.5 Å². The molecule has 4 heteroatoms. The summed E-state index contributed by atoms with van der Waals surface area (Å²) in [7, 11) is 0. The van der Waals surface area contributed by atoms with Gasteiger partial charge in [-0.05, 0) is 37.6 Å². The number of rotatable bonds is 8. The average Bonchev–Trinajstić information content (AvgIpc) is 2.46. The lowest BCUT2D eigenvalue weighted by Gasteiger charge is -2.20. The van der Waals surface area contributed by atoms with Crippen molar-refractivity contribution in [2.24, 2.45) is 0 Å². The first-order valence-electron chi connectivity index (χ1n) is 6.46. The Morgan fingerprint density at radius 3 is 2.63 bits per heavy atom. The fourth-order valence-electron chi connectivity index (χ4n) is 1.70. The molecule has 1 rings (SSSR count). The molecular weight excluding hydrogens is 242 g/mol. The van der Waals surface area contributed by atoms with Crippen molar-refractivity contribution in [3.8, 4) is 5.75 Å². The van der Waals surface area contributed by atoms with Gasteiger partial charge in [-0.1, -0.05) is 12.7 Å². The molecule has 0 aromatic heterocycles. The maximum absolute atomic E-state index is 12.2. The molecule has 0 aliphatic rings. The molecule has 1 aromatic rings. The molecule has 104 valence electrons. The molecule has 4 nitrogen and oxygen atoms in total. The van der Waals surface area contributed by atoms with E-state index in [0.29, 0.717) is 31.7 Å². The van der Waals surface area contributed by atoms with Gasteiger partial charge in [0, 0.05) is 25.3 Å². The van der Waals surface area contributed by atoms with Crippen LogP contribution in [-0.4, -0.2) is 42.2 Å². The molecule has 0 aliphatic carbocycles. The first-order valence-corrected chi connectivity index (χ1v) is 6.46. The van der Waals surface area contributed by atoms with E-state index in [2.05, 4.69) is 6.58 Å². The van der Waals surface area contributed by atoms with E-state index in [0.717, 1.165) is 5.75 Å². The Kier molecular flexibility index (Phi) is 6.68. The normalized spacial score (nSPS) is 10.0. The number of aliphatic hydroxyl groups excluding tert-OH is 1. The third-order valence-electron chi connectivity index (χ3n) is 2.72. The minimum atomic E-state index is -0.0220. The van der Waals surface area contributed by atoms with Crippen LogP contribution in [0.3, 0.4) is 0 Å². The predicted molar refractivity (Wildman–Crippen MR) is 75.4 cm³/mol. The summed E-state index contributed by atoms with van der Waals surface area (Å²) >= 11 is 0. The fourth-order valence-corrected chi connectivity index (χ4v) is 1.70. The number of nitrogens with zero attached hydrogens (tertiary/aromatic N) is 1. The molecule has 0 heterocycles. The van der Waals surface area contributed by atoms with Crippen LogP contribution in [0.4, 0.5) is 0 Å². The Morgan fingerprint density at radius 2 is 2.11 bits per heavy atom. The first-order chi connectivity index (χ1) is 9.22. The molecule has 0 spiro atoms. The summed E-state index contributed by atoms with van der Waals surface area (Å²) in [6.45, 7) is 7.25. The number of amides is 1. The van der Waals surface area contributed by atoms with Crippen LogP contribution in [0.2, 0.25) is 0 Å². The summed E-state index contributed by atoms with van der Waals surface area (Å²) < 4.78 is 5.37. The van der Waals surface area contributed by atoms with Gasteiger partial charge in [-0.25, -0.2) is 0 Å². The monoisotopic (exact) mass is 263 g/mol. The molecule has 0 saturated heterocycles. The SMILES string of the molecule is C=CCOc1ccc(C(=O)N(CC)CCCO)cc1. The number of aliphatic hydroxyl groups is 1. The molecule has 0 saturated carbocycles. The number of benzene rings is 1. The maximum atomic E-state index is 12.2. The zero-order chi connectivity index (χ0) is 14.1. The van der Waals surface area contributed by atoms with E-state index in [9.17, 15) is 4.79 Å². The van der Waals surface area contributed by atoms with Gasteiger partial charge in [-0.15, -0.1) is 0 Å². The molecule has 19 heavy (non-hydrogen) atoms. The highest BCUT2D eigenvalue weighted by Crippen LogP contribution is 2.14. The van der Waals surface area contributed by atoms with Crippen molar-refractivity contribution in [2.75, 3.05) is 26.3 Å². The maximum Gasteiger partial charge on any atom is 0.253 e. The third kappa shape index (κ3) is 4.75. The van der Waals surface area contributed by atoms with Crippen molar-refractivity contribution in [1.82, 2.24) is 4.90 Å². The van der Waals surface area contributed by atoms with Gasteiger partial charge >= 0.3 is 0 Å². The highest BCUT2D eigenvalue weighted by atomic mass is 16.5. The Hall–Kier alpha value is -1.81. The quantitative estimate of drug-likeness (QED) is 0.731.